The lowest BCUT2D eigenvalue weighted by Gasteiger charge is -2.27. The van der Waals surface area contributed by atoms with Crippen LogP contribution >= 0.6 is 11.6 Å². The van der Waals surface area contributed by atoms with Gasteiger partial charge in [-0.2, -0.15) is 10.4 Å². The molecule has 2 heterocycles. The number of para-hydroxylation sites is 1. The Hall–Kier alpha value is -5.91. The number of carbonyl (C=O) groups excluding carboxylic acids is 2. The third kappa shape index (κ3) is 6.77. The topological polar surface area (TPSA) is 97.5 Å². The molecule has 8 nitrogen and oxygen atoms in total. The van der Waals surface area contributed by atoms with Crippen molar-refractivity contribution in [2.24, 2.45) is 0 Å². The van der Waals surface area contributed by atoms with Crippen LogP contribution in [-0.4, -0.2) is 40.1 Å². The predicted molar refractivity (Wildman–Crippen MR) is 184 cm³/mol. The number of methoxy groups -OCH3 is 1. The van der Waals surface area contributed by atoms with Gasteiger partial charge in [-0.05, 0) is 85.2 Å². The molecular formula is C39H31ClN4O4. The number of rotatable bonds is 10. The van der Waals surface area contributed by atoms with E-state index in [9.17, 15) is 14.9 Å². The van der Waals surface area contributed by atoms with Crippen molar-refractivity contribution in [3.8, 4) is 34.5 Å². The van der Waals surface area contributed by atoms with Gasteiger partial charge in [-0.3, -0.25) is 14.5 Å². The number of aromatic nitrogens is 2. The van der Waals surface area contributed by atoms with Gasteiger partial charge in [0.1, 0.15) is 29.7 Å². The Morgan fingerprint density at radius 1 is 0.875 bits per heavy atom. The van der Waals surface area contributed by atoms with Gasteiger partial charge in [0.25, 0.3) is 11.8 Å². The number of halogens is 1. The summed E-state index contributed by atoms with van der Waals surface area (Å²) >= 11 is 6.29. The van der Waals surface area contributed by atoms with Gasteiger partial charge >= 0.3 is 0 Å². The van der Waals surface area contributed by atoms with E-state index >= 15 is 0 Å². The van der Waals surface area contributed by atoms with Crippen LogP contribution in [-0.2, 0) is 22.6 Å². The van der Waals surface area contributed by atoms with Crippen molar-refractivity contribution in [1.82, 2.24) is 14.7 Å². The highest BCUT2D eigenvalue weighted by atomic mass is 35.5. The summed E-state index contributed by atoms with van der Waals surface area (Å²) in [7, 11) is 1.59. The Kier molecular flexibility index (Phi) is 9.51. The molecule has 4 aromatic carbocycles. The first-order valence-corrected chi connectivity index (χ1v) is 15.7. The number of benzene rings is 4. The fourth-order valence-corrected chi connectivity index (χ4v) is 5.63. The number of amides is 2. The quantitative estimate of drug-likeness (QED) is 0.114. The fourth-order valence-electron chi connectivity index (χ4n) is 5.44. The second-order valence-corrected chi connectivity index (χ2v) is 11.6. The van der Waals surface area contributed by atoms with Gasteiger partial charge in [-0.1, -0.05) is 60.1 Å². The Balaban J connectivity index is 1.34. The third-order valence-electron chi connectivity index (χ3n) is 8.15. The number of hydrogen-bond acceptors (Lipinski definition) is 6. The monoisotopic (exact) mass is 654 g/mol. The number of carbonyl (C=O) groups is 2. The maximum atomic E-state index is 13.9. The summed E-state index contributed by atoms with van der Waals surface area (Å²) in [6.07, 6.45) is 3.98. The summed E-state index contributed by atoms with van der Waals surface area (Å²) in [4.78, 5) is 28.4. The van der Waals surface area contributed by atoms with Gasteiger partial charge in [-0.25, -0.2) is 4.68 Å². The normalized spacial score (nSPS) is 14.0. The molecule has 0 aliphatic carbocycles. The largest absolute Gasteiger partial charge is 0.497 e. The minimum absolute atomic E-state index is 0.0624. The molecule has 0 spiro atoms. The second-order valence-electron chi connectivity index (χ2n) is 11.1. The van der Waals surface area contributed by atoms with E-state index in [0.717, 1.165) is 27.3 Å². The van der Waals surface area contributed by atoms with Gasteiger partial charge in [0.2, 0.25) is 0 Å². The van der Waals surface area contributed by atoms with E-state index < -0.39 is 11.8 Å². The molecule has 0 saturated carbocycles. The van der Waals surface area contributed by atoms with Crippen LogP contribution in [0.4, 0.5) is 0 Å². The van der Waals surface area contributed by atoms with Crippen molar-refractivity contribution in [2.75, 3.05) is 13.7 Å². The predicted octanol–water partition coefficient (Wildman–Crippen LogP) is 7.62. The molecule has 0 saturated heterocycles. The van der Waals surface area contributed by atoms with E-state index in [4.69, 9.17) is 26.2 Å². The van der Waals surface area contributed by atoms with Crippen LogP contribution in [0.25, 0.3) is 23.0 Å². The SMILES string of the molecule is COc1ccc(CCN2C(=O)C(C#N)=C(C)/C(=C\c3cn(-c4ccccc4)nc3-c3ccc(OCc4ccccc4Cl)cc3)C2=O)cc1. The van der Waals surface area contributed by atoms with Crippen LogP contribution in [0.5, 0.6) is 11.5 Å². The van der Waals surface area contributed by atoms with E-state index in [1.54, 1.807) is 24.8 Å². The van der Waals surface area contributed by atoms with E-state index in [1.165, 1.54) is 0 Å². The molecule has 0 unspecified atom stereocenters. The van der Waals surface area contributed by atoms with Gasteiger partial charge < -0.3 is 9.47 Å². The number of imide groups is 1. The standard InChI is InChI=1S/C39H31ClN4O4/c1-26-34(38(45)43(39(46)35(26)23-41)21-20-27-12-16-32(47-2)17-13-27)22-30-24-44(31-9-4-3-5-10-31)42-37(30)28-14-18-33(19-15-28)48-25-29-8-6-7-11-36(29)40/h3-19,22,24H,20-21,25H2,1-2H3/b34-22+. The maximum absolute atomic E-state index is 13.9. The smallest absolute Gasteiger partial charge is 0.271 e. The lowest BCUT2D eigenvalue weighted by atomic mass is 9.93. The zero-order valence-electron chi connectivity index (χ0n) is 26.4. The van der Waals surface area contributed by atoms with Crippen LogP contribution < -0.4 is 9.47 Å². The Morgan fingerprint density at radius 2 is 1.56 bits per heavy atom. The fraction of sp³-hybridized carbons (Fsp3) is 0.128. The zero-order valence-corrected chi connectivity index (χ0v) is 27.1. The van der Waals surface area contributed by atoms with Crippen LogP contribution in [0.3, 0.4) is 0 Å². The van der Waals surface area contributed by atoms with Crippen molar-refractivity contribution in [3.05, 3.63) is 148 Å². The second kappa shape index (κ2) is 14.2. The van der Waals surface area contributed by atoms with Crippen LogP contribution in [0.2, 0.25) is 5.02 Å². The molecule has 238 valence electrons. The lowest BCUT2D eigenvalue weighted by Crippen LogP contribution is -2.43. The van der Waals surface area contributed by atoms with E-state index in [1.807, 2.05) is 115 Å². The van der Waals surface area contributed by atoms with E-state index in [2.05, 4.69) is 0 Å². The number of hydrogen-bond donors (Lipinski definition) is 0. The molecule has 0 fully saturated rings. The molecule has 1 aliphatic rings. The minimum Gasteiger partial charge on any atom is -0.497 e. The molecule has 6 rings (SSSR count). The molecule has 1 aromatic heterocycles. The first-order valence-electron chi connectivity index (χ1n) is 15.3. The molecule has 2 amide bonds. The number of nitrogens with zero attached hydrogens (tertiary/aromatic N) is 4. The highest BCUT2D eigenvalue weighted by Crippen LogP contribution is 2.32. The molecule has 0 bridgehead atoms. The summed E-state index contributed by atoms with van der Waals surface area (Å²) in [5.41, 5.74) is 5.22. The maximum Gasteiger partial charge on any atom is 0.271 e. The van der Waals surface area contributed by atoms with E-state index in [-0.39, 0.29) is 17.7 Å². The minimum atomic E-state index is -0.599. The zero-order chi connectivity index (χ0) is 33.6. The van der Waals surface area contributed by atoms with Gasteiger partial charge in [0.05, 0.1) is 18.5 Å². The molecule has 0 atom stereocenters. The van der Waals surface area contributed by atoms with Crippen molar-refractivity contribution in [1.29, 1.82) is 5.26 Å². The molecule has 48 heavy (non-hydrogen) atoms. The van der Waals surface area contributed by atoms with Crippen LogP contribution in [0, 0.1) is 11.3 Å². The average molecular weight is 655 g/mol. The number of ether oxygens (including phenoxy) is 2. The molecule has 5 aromatic rings. The summed E-state index contributed by atoms with van der Waals surface area (Å²) < 4.78 is 13.0. The Labute approximate surface area is 283 Å². The first-order chi connectivity index (χ1) is 23.4. The Bertz CT molecular complexity index is 2080. The highest BCUT2D eigenvalue weighted by Gasteiger charge is 2.35. The molecule has 0 N–H and O–H groups in total. The molecule has 1 aliphatic heterocycles. The van der Waals surface area contributed by atoms with Crippen LogP contribution in [0.15, 0.2) is 126 Å². The average Bonchev–Trinajstić information content (AvgIpc) is 3.54. The van der Waals surface area contributed by atoms with Gasteiger partial charge in [-0.15, -0.1) is 0 Å². The summed E-state index contributed by atoms with van der Waals surface area (Å²) in [6.45, 7) is 2.07. The third-order valence-corrected chi connectivity index (χ3v) is 8.52. The van der Waals surface area contributed by atoms with Crippen molar-refractivity contribution >= 4 is 29.5 Å². The van der Waals surface area contributed by atoms with Crippen molar-refractivity contribution in [2.45, 2.75) is 20.0 Å². The van der Waals surface area contributed by atoms with Gasteiger partial charge in [0, 0.05) is 40.0 Å². The lowest BCUT2D eigenvalue weighted by molar-refractivity contribution is -0.140. The summed E-state index contributed by atoms with van der Waals surface area (Å²) in [6, 6.07) is 34.1. The van der Waals surface area contributed by atoms with E-state index in [0.29, 0.717) is 46.4 Å². The summed E-state index contributed by atoms with van der Waals surface area (Å²) in [5, 5.41) is 15.5. The molecular weight excluding hydrogens is 624 g/mol. The highest BCUT2D eigenvalue weighted by molar-refractivity contribution is 6.31. The summed E-state index contributed by atoms with van der Waals surface area (Å²) in [5.74, 6) is 0.308. The van der Waals surface area contributed by atoms with Crippen LogP contribution in [0.1, 0.15) is 23.6 Å². The number of nitriles is 1. The van der Waals surface area contributed by atoms with Crippen molar-refractivity contribution in [3.63, 3.8) is 0 Å². The molecule has 9 heteroatoms. The Morgan fingerprint density at radius 3 is 2.25 bits per heavy atom. The first kappa shape index (κ1) is 32.0. The van der Waals surface area contributed by atoms with Crippen molar-refractivity contribution < 1.29 is 19.1 Å². The van der Waals surface area contributed by atoms with Gasteiger partial charge in [0.15, 0.2) is 0 Å². The molecule has 0 radical (unpaired) electrons.